The van der Waals surface area contributed by atoms with E-state index in [4.69, 9.17) is 16.3 Å². The van der Waals surface area contributed by atoms with Crippen LogP contribution in [0.1, 0.15) is 32.4 Å². The number of hydrogen-bond donors (Lipinski definition) is 0. The third-order valence-electron chi connectivity index (χ3n) is 4.06. The van der Waals surface area contributed by atoms with Crippen molar-refractivity contribution in [2.24, 2.45) is 11.8 Å². The van der Waals surface area contributed by atoms with Gasteiger partial charge in [-0.2, -0.15) is 0 Å². The number of likely N-dealkylation sites (tertiary alicyclic amines) is 1. The van der Waals surface area contributed by atoms with Crippen LogP contribution in [0.2, 0.25) is 5.15 Å². The van der Waals surface area contributed by atoms with Crippen LogP contribution in [-0.2, 0) is 4.74 Å². The standard InChI is InChI=1S/C15H20ClN3O2S/c1-15(2,3)21-14(20)19-6-8-9(7-19)12(8)10-5-11(16)18-13(17-10)22-4/h5,8-9,12H,6-7H2,1-4H3. The minimum atomic E-state index is -0.448. The molecule has 1 aliphatic heterocycles. The van der Waals surface area contributed by atoms with E-state index in [1.807, 2.05) is 33.1 Å². The number of thioether (sulfide) groups is 1. The van der Waals surface area contributed by atoms with E-state index in [1.54, 1.807) is 4.90 Å². The van der Waals surface area contributed by atoms with Gasteiger partial charge in [-0.15, -0.1) is 0 Å². The summed E-state index contributed by atoms with van der Waals surface area (Å²) in [5.74, 6) is 1.33. The third-order valence-corrected chi connectivity index (χ3v) is 4.81. The van der Waals surface area contributed by atoms with Crippen LogP contribution in [0.25, 0.3) is 0 Å². The van der Waals surface area contributed by atoms with Gasteiger partial charge in [0.05, 0.1) is 5.69 Å². The van der Waals surface area contributed by atoms with Crippen molar-refractivity contribution in [3.8, 4) is 0 Å². The molecule has 0 radical (unpaired) electrons. The zero-order valence-corrected chi connectivity index (χ0v) is 14.7. The molecule has 1 aromatic heterocycles. The van der Waals surface area contributed by atoms with Crippen LogP contribution in [0.4, 0.5) is 4.79 Å². The molecule has 0 spiro atoms. The number of carbonyl (C=O) groups is 1. The molecule has 2 fully saturated rings. The molecule has 1 amide bonds. The molecule has 2 unspecified atom stereocenters. The van der Waals surface area contributed by atoms with Gasteiger partial charge in [-0.25, -0.2) is 14.8 Å². The van der Waals surface area contributed by atoms with E-state index in [1.165, 1.54) is 11.8 Å². The van der Waals surface area contributed by atoms with Gasteiger partial charge in [0.2, 0.25) is 0 Å². The first kappa shape index (κ1) is 15.9. The molecule has 7 heteroatoms. The minimum Gasteiger partial charge on any atom is -0.444 e. The van der Waals surface area contributed by atoms with Crippen LogP contribution in [0.5, 0.6) is 0 Å². The Bertz CT molecular complexity index is 593. The Morgan fingerprint density at radius 2 is 2.00 bits per heavy atom. The van der Waals surface area contributed by atoms with Crippen molar-refractivity contribution in [3.63, 3.8) is 0 Å². The molecule has 0 aromatic carbocycles. The van der Waals surface area contributed by atoms with Crippen LogP contribution >= 0.6 is 23.4 Å². The van der Waals surface area contributed by atoms with Gasteiger partial charge in [-0.05, 0) is 44.9 Å². The molecule has 120 valence electrons. The van der Waals surface area contributed by atoms with E-state index in [9.17, 15) is 4.79 Å². The van der Waals surface area contributed by atoms with Crippen molar-refractivity contribution >= 4 is 29.5 Å². The van der Waals surface area contributed by atoms with Gasteiger partial charge in [-0.1, -0.05) is 23.4 Å². The number of amides is 1. The highest BCUT2D eigenvalue weighted by atomic mass is 35.5. The lowest BCUT2D eigenvalue weighted by molar-refractivity contribution is 0.0270. The average Bonchev–Trinajstić information content (AvgIpc) is 2.90. The summed E-state index contributed by atoms with van der Waals surface area (Å²) in [4.78, 5) is 22.6. The molecule has 1 saturated heterocycles. The molecular formula is C15H20ClN3O2S. The summed E-state index contributed by atoms with van der Waals surface area (Å²) in [6, 6.07) is 1.85. The summed E-state index contributed by atoms with van der Waals surface area (Å²) in [5.41, 5.74) is 0.555. The van der Waals surface area contributed by atoms with E-state index in [0.717, 1.165) is 18.8 Å². The van der Waals surface area contributed by atoms with Crippen LogP contribution < -0.4 is 0 Å². The predicted octanol–water partition coefficient (Wildman–Crippen LogP) is 3.43. The number of piperidine rings is 1. The quantitative estimate of drug-likeness (QED) is 0.468. The number of aromatic nitrogens is 2. The Labute approximate surface area is 139 Å². The van der Waals surface area contributed by atoms with Crippen molar-refractivity contribution in [3.05, 3.63) is 16.9 Å². The van der Waals surface area contributed by atoms with Crippen molar-refractivity contribution in [1.82, 2.24) is 14.9 Å². The topological polar surface area (TPSA) is 55.3 Å². The van der Waals surface area contributed by atoms with Crippen molar-refractivity contribution in [1.29, 1.82) is 0 Å². The summed E-state index contributed by atoms with van der Waals surface area (Å²) in [6.07, 6.45) is 1.72. The Morgan fingerprint density at radius 1 is 1.36 bits per heavy atom. The smallest absolute Gasteiger partial charge is 0.410 e. The number of carbonyl (C=O) groups excluding carboxylic acids is 1. The lowest BCUT2D eigenvalue weighted by atomic mass is 10.2. The van der Waals surface area contributed by atoms with Crippen LogP contribution in [0, 0.1) is 11.8 Å². The first-order valence-electron chi connectivity index (χ1n) is 7.35. The second-order valence-corrected chi connectivity index (χ2v) is 8.00. The molecule has 0 N–H and O–H groups in total. The van der Waals surface area contributed by atoms with Gasteiger partial charge in [0.25, 0.3) is 0 Å². The molecule has 5 nitrogen and oxygen atoms in total. The molecule has 1 saturated carbocycles. The van der Waals surface area contributed by atoms with E-state index in [2.05, 4.69) is 9.97 Å². The molecule has 2 atom stereocenters. The molecule has 1 aliphatic carbocycles. The molecule has 22 heavy (non-hydrogen) atoms. The second-order valence-electron chi connectivity index (χ2n) is 6.84. The maximum atomic E-state index is 12.1. The van der Waals surface area contributed by atoms with E-state index >= 15 is 0 Å². The number of hydrogen-bond acceptors (Lipinski definition) is 5. The first-order valence-corrected chi connectivity index (χ1v) is 8.95. The largest absolute Gasteiger partial charge is 0.444 e. The molecule has 2 heterocycles. The summed E-state index contributed by atoms with van der Waals surface area (Å²) in [5, 5.41) is 1.19. The lowest BCUT2D eigenvalue weighted by Crippen LogP contribution is -2.36. The number of halogens is 1. The second kappa shape index (κ2) is 5.57. The summed E-state index contributed by atoms with van der Waals surface area (Å²) in [6.45, 7) is 7.13. The Morgan fingerprint density at radius 3 is 2.55 bits per heavy atom. The molecule has 2 aliphatic rings. The van der Waals surface area contributed by atoms with Crippen LogP contribution in [0.15, 0.2) is 11.2 Å². The Hall–Kier alpha value is -1.01. The maximum Gasteiger partial charge on any atom is 0.410 e. The SMILES string of the molecule is CSc1nc(Cl)cc(C2C3CN(C(=O)OC(C)(C)C)CC32)n1. The minimum absolute atomic E-state index is 0.219. The summed E-state index contributed by atoms with van der Waals surface area (Å²) < 4.78 is 5.42. The van der Waals surface area contributed by atoms with Gasteiger partial charge in [-0.3, -0.25) is 0 Å². The monoisotopic (exact) mass is 341 g/mol. The fourth-order valence-corrected chi connectivity index (χ4v) is 3.74. The van der Waals surface area contributed by atoms with E-state index in [-0.39, 0.29) is 6.09 Å². The van der Waals surface area contributed by atoms with Gasteiger partial charge < -0.3 is 9.64 Å². The number of nitrogens with zero attached hydrogens (tertiary/aromatic N) is 3. The number of fused-ring (bicyclic) bond motifs is 1. The van der Waals surface area contributed by atoms with Gasteiger partial charge >= 0.3 is 6.09 Å². The molecule has 1 aromatic rings. The zero-order chi connectivity index (χ0) is 16.1. The molecule has 3 rings (SSSR count). The highest BCUT2D eigenvalue weighted by Crippen LogP contribution is 2.58. The molecular weight excluding hydrogens is 322 g/mol. The van der Waals surface area contributed by atoms with Gasteiger partial charge in [0, 0.05) is 19.0 Å². The molecule has 0 bridgehead atoms. The lowest BCUT2D eigenvalue weighted by Gasteiger charge is -2.25. The van der Waals surface area contributed by atoms with Gasteiger partial charge in [0.15, 0.2) is 5.16 Å². The summed E-state index contributed by atoms with van der Waals surface area (Å²) in [7, 11) is 0. The van der Waals surface area contributed by atoms with Crippen molar-refractivity contribution in [2.45, 2.75) is 37.4 Å². The van der Waals surface area contributed by atoms with Crippen LogP contribution in [-0.4, -0.2) is 45.9 Å². The number of ether oxygens (including phenoxy) is 1. The highest BCUT2D eigenvalue weighted by Gasteiger charge is 2.58. The van der Waals surface area contributed by atoms with Gasteiger partial charge in [0.1, 0.15) is 10.8 Å². The average molecular weight is 342 g/mol. The fourth-order valence-electron chi connectivity index (χ4n) is 3.12. The number of rotatable bonds is 2. The normalized spacial score (nSPS) is 26.8. The first-order chi connectivity index (χ1) is 10.3. The third kappa shape index (κ3) is 3.18. The van der Waals surface area contributed by atoms with Crippen molar-refractivity contribution in [2.75, 3.05) is 19.3 Å². The van der Waals surface area contributed by atoms with E-state index < -0.39 is 5.60 Å². The van der Waals surface area contributed by atoms with Crippen molar-refractivity contribution < 1.29 is 9.53 Å². The zero-order valence-electron chi connectivity index (χ0n) is 13.2. The predicted molar refractivity (Wildman–Crippen MR) is 86.4 cm³/mol. The fraction of sp³-hybridized carbons (Fsp3) is 0.667. The van der Waals surface area contributed by atoms with E-state index in [0.29, 0.717) is 28.1 Å². The Balaban J connectivity index is 1.63. The highest BCUT2D eigenvalue weighted by molar-refractivity contribution is 7.98. The maximum absolute atomic E-state index is 12.1. The Kier molecular flexibility index (Phi) is 4.01. The van der Waals surface area contributed by atoms with Crippen LogP contribution in [0.3, 0.4) is 0 Å². The summed E-state index contributed by atoms with van der Waals surface area (Å²) >= 11 is 7.55.